The molecular weight excluding hydrogens is 320 g/mol. The summed E-state index contributed by atoms with van der Waals surface area (Å²) in [5.41, 5.74) is 1.83. The number of carbonyl (C=O) groups is 1. The number of amides is 2. The molecular formula is C15H17ClN4OS. The van der Waals surface area contributed by atoms with Crippen molar-refractivity contribution >= 4 is 35.1 Å². The summed E-state index contributed by atoms with van der Waals surface area (Å²) in [6.45, 7) is 2.25. The van der Waals surface area contributed by atoms with E-state index in [9.17, 15) is 4.79 Å². The largest absolute Gasteiger partial charge is 0.323 e. The number of anilines is 1. The highest BCUT2D eigenvalue weighted by Crippen LogP contribution is 2.14. The molecule has 1 saturated heterocycles. The van der Waals surface area contributed by atoms with Gasteiger partial charge in [0.2, 0.25) is 0 Å². The van der Waals surface area contributed by atoms with Crippen LogP contribution in [-0.2, 0) is 6.54 Å². The minimum Gasteiger partial charge on any atom is -0.323 e. The molecule has 116 valence electrons. The number of rotatable bonds is 3. The van der Waals surface area contributed by atoms with E-state index >= 15 is 0 Å². The SMILES string of the molecule is O=C(Nc1cnn(Cc2ccc(Cl)cc2)c1)N1CCSCC1. The van der Waals surface area contributed by atoms with Crippen LogP contribution in [0.15, 0.2) is 36.7 Å². The van der Waals surface area contributed by atoms with Crippen molar-refractivity contribution < 1.29 is 4.79 Å². The fourth-order valence-electron chi connectivity index (χ4n) is 2.26. The fourth-order valence-corrected chi connectivity index (χ4v) is 3.29. The van der Waals surface area contributed by atoms with Crippen LogP contribution < -0.4 is 5.32 Å². The Kier molecular flexibility index (Phi) is 4.90. The van der Waals surface area contributed by atoms with Crippen LogP contribution >= 0.6 is 23.4 Å². The van der Waals surface area contributed by atoms with Gasteiger partial charge in [0.1, 0.15) is 0 Å². The number of halogens is 1. The fraction of sp³-hybridized carbons (Fsp3) is 0.333. The van der Waals surface area contributed by atoms with E-state index in [0.29, 0.717) is 6.54 Å². The van der Waals surface area contributed by atoms with Crippen LogP contribution in [0.4, 0.5) is 10.5 Å². The summed E-state index contributed by atoms with van der Waals surface area (Å²) in [6, 6.07) is 7.60. The van der Waals surface area contributed by atoms with Gasteiger partial charge in [-0.3, -0.25) is 4.68 Å². The molecule has 2 aromatic rings. The van der Waals surface area contributed by atoms with Crippen molar-refractivity contribution in [2.24, 2.45) is 0 Å². The molecule has 1 fully saturated rings. The van der Waals surface area contributed by atoms with Crippen LogP contribution in [-0.4, -0.2) is 45.3 Å². The van der Waals surface area contributed by atoms with Crippen LogP contribution in [0, 0.1) is 0 Å². The number of aromatic nitrogens is 2. The molecule has 5 nitrogen and oxygen atoms in total. The summed E-state index contributed by atoms with van der Waals surface area (Å²) in [5.74, 6) is 2.01. The summed E-state index contributed by atoms with van der Waals surface area (Å²) in [5, 5.41) is 7.90. The van der Waals surface area contributed by atoms with Crippen LogP contribution in [0.2, 0.25) is 5.02 Å². The molecule has 0 spiro atoms. The highest BCUT2D eigenvalue weighted by atomic mass is 35.5. The van der Waals surface area contributed by atoms with Crippen LogP contribution in [0.1, 0.15) is 5.56 Å². The van der Waals surface area contributed by atoms with Crippen molar-refractivity contribution in [3.05, 3.63) is 47.2 Å². The van der Waals surface area contributed by atoms with E-state index in [1.165, 1.54) is 0 Å². The molecule has 7 heteroatoms. The van der Waals surface area contributed by atoms with Gasteiger partial charge in [-0.25, -0.2) is 4.79 Å². The van der Waals surface area contributed by atoms with Crippen molar-refractivity contribution in [2.75, 3.05) is 29.9 Å². The lowest BCUT2D eigenvalue weighted by atomic mass is 10.2. The molecule has 1 aromatic carbocycles. The summed E-state index contributed by atoms with van der Waals surface area (Å²) in [6.07, 6.45) is 3.51. The van der Waals surface area contributed by atoms with Gasteiger partial charge in [-0.15, -0.1) is 0 Å². The molecule has 2 heterocycles. The summed E-state index contributed by atoms with van der Waals surface area (Å²) in [4.78, 5) is 14.0. The molecule has 3 rings (SSSR count). The molecule has 0 saturated carbocycles. The maximum absolute atomic E-state index is 12.1. The van der Waals surface area contributed by atoms with Crippen molar-refractivity contribution in [2.45, 2.75) is 6.54 Å². The molecule has 1 aromatic heterocycles. The zero-order valence-electron chi connectivity index (χ0n) is 12.0. The number of benzene rings is 1. The van der Waals surface area contributed by atoms with Gasteiger partial charge in [0.15, 0.2) is 0 Å². The van der Waals surface area contributed by atoms with Crippen molar-refractivity contribution in [1.29, 1.82) is 0 Å². The molecule has 0 bridgehead atoms. The summed E-state index contributed by atoms with van der Waals surface area (Å²) < 4.78 is 1.80. The standard InChI is InChI=1S/C15H17ClN4OS/c16-13-3-1-12(2-4-13)10-20-11-14(9-17-20)18-15(21)19-5-7-22-8-6-19/h1-4,9,11H,5-8,10H2,(H,18,21). The lowest BCUT2D eigenvalue weighted by Crippen LogP contribution is -2.40. The Morgan fingerprint density at radius 1 is 1.27 bits per heavy atom. The molecule has 0 radical (unpaired) electrons. The molecule has 22 heavy (non-hydrogen) atoms. The van der Waals surface area contributed by atoms with E-state index in [2.05, 4.69) is 10.4 Å². The van der Waals surface area contributed by atoms with Crippen molar-refractivity contribution in [3.63, 3.8) is 0 Å². The van der Waals surface area contributed by atoms with E-state index in [-0.39, 0.29) is 6.03 Å². The van der Waals surface area contributed by atoms with Crippen LogP contribution in [0.3, 0.4) is 0 Å². The second-order valence-electron chi connectivity index (χ2n) is 5.08. The van der Waals surface area contributed by atoms with E-state index in [1.807, 2.05) is 47.1 Å². The number of carbonyl (C=O) groups excluding carboxylic acids is 1. The van der Waals surface area contributed by atoms with Gasteiger partial charge in [0.25, 0.3) is 0 Å². The third-order valence-electron chi connectivity index (χ3n) is 3.44. The monoisotopic (exact) mass is 336 g/mol. The average molecular weight is 337 g/mol. The lowest BCUT2D eigenvalue weighted by Gasteiger charge is -2.26. The highest BCUT2D eigenvalue weighted by Gasteiger charge is 2.17. The Hall–Kier alpha value is -1.66. The smallest absolute Gasteiger partial charge is 0.321 e. The van der Waals surface area contributed by atoms with Crippen LogP contribution in [0.25, 0.3) is 0 Å². The average Bonchev–Trinajstić information content (AvgIpc) is 2.97. The number of urea groups is 1. The molecule has 0 atom stereocenters. The first-order chi connectivity index (χ1) is 10.7. The number of hydrogen-bond acceptors (Lipinski definition) is 3. The number of thioether (sulfide) groups is 1. The maximum Gasteiger partial charge on any atom is 0.321 e. The molecule has 1 aliphatic heterocycles. The Morgan fingerprint density at radius 2 is 2.00 bits per heavy atom. The molecule has 1 N–H and O–H groups in total. The zero-order chi connectivity index (χ0) is 15.4. The number of hydrogen-bond donors (Lipinski definition) is 1. The normalized spacial score (nSPS) is 14.9. The van der Waals surface area contributed by atoms with Crippen molar-refractivity contribution in [1.82, 2.24) is 14.7 Å². The number of nitrogens with one attached hydrogen (secondary N) is 1. The van der Waals surface area contributed by atoms with E-state index in [1.54, 1.807) is 10.9 Å². The second kappa shape index (κ2) is 7.07. The minimum absolute atomic E-state index is 0.0497. The third-order valence-corrected chi connectivity index (χ3v) is 4.64. The van der Waals surface area contributed by atoms with Gasteiger partial charge in [-0.1, -0.05) is 23.7 Å². The van der Waals surface area contributed by atoms with E-state index < -0.39 is 0 Å². The van der Waals surface area contributed by atoms with Gasteiger partial charge in [0, 0.05) is 35.8 Å². The third kappa shape index (κ3) is 3.96. The Balaban J connectivity index is 1.58. The minimum atomic E-state index is -0.0497. The van der Waals surface area contributed by atoms with Gasteiger partial charge >= 0.3 is 6.03 Å². The second-order valence-corrected chi connectivity index (χ2v) is 6.74. The van der Waals surface area contributed by atoms with Gasteiger partial charge in [0.05, 0.1) is 18.4 Å². The molecule has 2 amide bonds. The van der Waals surface area contributed by atoms with E-state index in [0.717, 1.165) is 40.9 Å². The Bertz CT molecular complexity index is 637. The highest BCUT2D eigenvalue weighted by molar-refractivity contribution is 7.99. The Morgan fingerprint density at radius 3 is 2.73 bits per heavy atom. The molecule has 0 unspecified atom stereocenters. The predicted octanol–water partition coefficient (Wildman–Crippen LogP) is 3.17. The lowest BCUT2D eigenvalue weighted by molar-refractivity contribution is 0.217. The number of nitrogens with zero attached hydrogens (tertiary/aromatic N) is 3. The van der Waals surface area contributed by atoms with Gasteiger partial charge < -0.3 is 10.2 Å². The van der Waals surface area contributed by atoms with Crippen LogP contribution in [0.5, 0.6) is 0 Å². The topological polar surface area (TPSA) is 50.2 Å². The summed E-state index contributed by atoms with van der Waals surface area (Å²) >= 11 is 7.75. The van der Waals surface area contributed by atoms with Crippen molar-refractivity contribution in [3.8, 4) is 0 Å². The first-order valence-electron chi connectivity index (χ1n) is 7.11. The maximum atomic E-state index is 12.1. The molecule has 0 aliphatic carbocycles. The summed E-state index contributed by atoms with van der Waals surface area (Å²) in [7, 11) is 0. The van der Waals surface area contributed by atoms with Gasteiger partial charge in [-0.05, 0) is 17.7 Å². The quantitative estimate of drug-likeness (QED) is 0.936. The first-order valence-corrected chi connectivity index (χ1v) is 8.64. The van der Waals surface area contributed by atoms with Gasteiger partial charge in [-0.2, -0.15) is 16.9 Å². The van der Waals surface area contributed by atoms with E-state index in [4.69, 9.17) is 11.6 Å². The zero-order valence-corrected chi connectivity index (χ0v) is 13.6. The molecule has 1 aliphatic rings. The predicted molar refractivity (Wildman–Crippen MR) is 90.7 cm³/mol. The Labute approximate surface area is 138 Å². The first kappa shape index (κ1) is 15.2.